The van der Waals surface area contributed by atoms with Crippen LogP contribution in [0.3, 0.4) is 0 Å². The molecule has 1 aliphatic rings. The highest BCUT2D eigenvalue weighted by Crippen LogP contribution is 2.32. The number of amides is 2. The lowest BCUT2D eigenvalue weighted by Gasteiger charge is -2.13. The van der Waals surface area contributed by atoms with Crippen molar-refractivity contribution in [2.45, 2.75) is 18.6 Å². The van der Waals surface area contributed by atoms with Crippen molar-refractivity contribution in [3.8, 4) is 0 Å². The topological polar surface area (TPSA) is 78.8 Å². The Morgan fingerprint density at radius 1 is 1.17 bits per heavy atom. The van der Waals surface area contributed by atoms with Crippen LogP contribution < -0.4 is 5.32 Å². The van der Waals surface area contributed by atoms with Crippen LogP contribution in [0.5, 0.6) is 0 Å². The smallest absolute Gasteiger partial charge is 0.242 e. The van der Waals surface area contributed by atoms with E-state index in [4.69, 9.17) is 0 Å². The van der Waals surface area contributed by atoms with Crippen molar-refractivity contribution in [2.75, 3.05) is 11.9 Å². The first-order valence-corrected chi connectivity index (χ1v) is 9.99. The van der Waals surface area contributed by atoms with Crippen LogP contribution in [-0.4, -0.2) is 39.5 Å². The van der Waals surface area contributed by atoms with Gasteiger partial charge in [-0.15, -0.1) is 6.58 Å². The highest BCUT2D eigenvalue weighted by atomic mass is 32.2. The zero-order chi connectivity index (χ0) is 20.8. The second-order valence-electron chi connectivity index (χ2n) is 6.46. The number of aliphatic imine (C=N–C) groups is 1. The minimum atomic E-state index is -0.547. The van der Waals surface area contributed by atoms with E-state index in [0.717, 1.165) is 0 Å². The number of thioether (sulfide) groups is 1. The summed E-state index contributed by atoms with van der Waals surface area (Å²) in [5.74, 6) is -0.419. The van der Waals surface area contributed by atoms with Crippen LogP contribution in [0, 0.1) is 0 Å². The van der Waals surface area contributed by atoms with Gasteiger partial charge >= 0.3 is 0 Å². The monoisotopic (exact) mass is 407 g/mol. The van der Waals surface area contributed by atoms with E-state index >= 15 is 0 Å². The lowest BCUT2D eigenvalue weighted by Crippen LogP contribution is -2.33. The predicted octanol–water partition coefficient (Wildman–Crippen LogP) is 4.04. The van der Waals surface area contributed by atoms with Crippen molar-refractivity contribution in [3.05, 3.63) is 72.8 Å². The lowest BCUT2D eigenvalue weighted by molar-refractivity contribution is -0.127. The minimum absolute atomic E-state index is 0.0209. The van der Waals surface area contributed by atoms with Crippen LogP contribution >= 0.6 is 11.8 Å². The van der Waals surface area contributed by atoms with E-state index in [1.54, 1.807) is 42.5 Å². The summed E-state index contributed by atoms with van der Waals surface area (Å²) in [4.78, 5) is 42.6. The molecule has 0 radical (unpaired) electrons. The summed E-state index contributed by atoms with van der Waals surface area (Å²) < 4.78 is 0. The quantitative estimate of drug-likeness (QED) is 0.555. The number of para-hydroxylation sites is 1. The van der Waals surface area contributed by atoms with E-state index in [0.29, 0.717) is 28.7 Å². The summed E-state index contributed by atoms with van der Waals surface area (Å²) >= 11 is 1.26. The Labute approximate surface area is 173 Å². The molecule has 2 aromatic rings. The first-order valence-electron chi connectivity index (χ1n) is 9.11. The second kappa shape index (κ2) is 9.34. The van der Waals surface area contributed by atoms with E-state index in [1.165, 1.54) is 23.6 Å². The number of rotatable bonds is 7. The third kappa shape index (κ3) is 5.20. The van der Waals surface area contributed by atoms with Crippen molar-refractivity contribution in [1.29, 1.82) is 0 Å². The SMILES string of the molecule is C=CCN1C(=O)C(CC(=O)Nc2ccccc2)SC1=Nc1ccc(C(C)=O)cc1. The van der Waals surface area contributed by atoms with E-state index in [2.05, 4.69) is 16.9 Å². The van der Waals surface area contributed by atoms with E-state index < -0.39 is 5.25 Å². The molecule has 3 rings (SSSR count). The van der Waals surface area contributed by atoms with Gasteiger partial charge in [-0.05, 0) is 43.3 Å². The molecule has 0 aliphatic carbocycles. The Morgan fingerprint density at radius 3 is 2.48 bits per heavy atom. The van der Waals surface area contributed by atoms with Crippen LogP contribution in [0.1, 0.15) is 23.7 Å². The summed E-state index contributed by atoms with van der Waals surface area (Å²) in [6.45, 7) is 5.51. The third-order valence-electron chi connectivity index (χ3n) is 4.26. The maximum Gasteiger partial charge on any atom is 0.242 e. The average molecular weight is 407 g/mol. The van der Waals surface area contributed by atoms with Gasteiger partial charge in [0.05, 0.1) is 5.69 Å². The van der Waals surface area contributed by atoms with Crippen LogP contribution in [0.15, 0.2) is 72.2 Å². The molecule has 2 aromatic carbocycles. The van der Waals surface area contributed by atoms with Crippen LogP contribution in [-0.2, 0) is 9.59 Å². The molecule has 1 heterocycles. The van der Waals surface area contributed by atoms with Gasteiger partial charge in [-0.2, -0.15) is 0 Å². The molecule has 7 heteroatoms. The van der Waals surface area contributed by atoms with E-state index in [1.807, 2.05) is 18.2 Å². The number of anilines is 1. The van der Waals surface area contributed by atoms with Gasteiger partial charge < -0.3 is 5.32 Å². The minimum Gasteiger partial charge on any atom is -0.326 e. The third-order valence-corrected chi connectivity index (χ3v) is 5.43. The van der Waals surface area contributed by atoms with Gasteiger partial charge in [0.1, 0.15) is 5.25 Å². The second-order valence-corrected chi connectivity index (χ2v) is 7.63. The molecule has 0 spiro atoms. The first kappa shape index (κ1) is 20.5. The Balaban J connectivity index is 1.74. The number of nitrogens with one attached hydrogen (secondary N) is 1. The van der Waals surface area contributed by atoms with Crippen molar-refractivity contribution in [3.63, 3.8) is 0 Å². The molecule has 1 aliphatic heterocycles. The number of hydrogen-bond acceptors (Lipinski definition) is 5. The maximum atomic E-state index is 12.8. The van der Waals surface area contributed by atoms with Gasteiger partial charge in [0, 0.05) is 24.2 Å². The van der Waals surface area contributed by atoms with E-state index in [9.17, 15) is 14.4 Å². The summed E-state index contributed by atoms with van der Waals surface area (Å²) in [7, 11) is 0. The first-order chi connectivity index (χ1) is 14.0. The number of hydrogen-bond donors (Lipinski definition) is 1. The molecule has 1 fully saturated rings. The molecular weight excluding hydrogens is 386 g/mol. The van der Waals surface area contributed by atoms with Crippen molar-refractivity contribution < 1.29 is 14.4 Å². The summed E-state index contributed by atoms with van der Waals surface area (Å²) in [6.07, 6.45) is 1.67. The van der Waals surface area contributed by atoms with Gasteiger partial charge in [0.25, 0.3) is 0 Å². The normalized spacial score (nSPS) is 17.4. The van der Waals surface area contributed by atoms with Crippen molar-refractivity contribution in [2.24, 2.45) is 4.99 Å². The molecule has 1 N–H and O–H groups in total. The Morgan fingerprint density at radius 2 is 1.86 bits per heavy atom. The van der Waals surface area contributed by atoms with Gasteiger partial charge in [-0.25, -0.2) is 4.99 Å². The van der Waals surface area contributed by atoms with Crippen LogP contribution in [0.25, 0.3) is 0 Å². The predicted molar refractivity (Wildman–Crippen MR) is 117 cm³/mol. The molecule has 1 unspecified atom stereocenters. The van der Waals surface area contributed by atoms with Crippen molar-refractivity contribution in [1.82, 2.24) is 4.90 Å². The molecule has 0 aromatic heterocycles. The summed E-state index contributed by atoms with van der Waals surface area (Å²) in [5.41, 5.74) is 1.92. The fourth-order valence-electron chi connectivity index (χ4n) is 2.81. The van der Waals surface area contributed by atoms with E-state index in [-0.39, 0.29) is 24.0 Å². The molecular formula is C22H21N3O3S. The standard InChI is InChI=1S/C22H21N3O3S/c1-3-13-25-21(28)19(14-20(27)23-17-7-5-4-6-8-17)29-22(25)24-18-11-9-16(10-12-18)15(2)26/h3-12,19H,1,13-14H2,2H3,(H,23,27). The number of carbonyl (C=O) groups excluding carboxylic acids is 3. The Kier molecular flexibility index (Phi) is 6.61. The summed E-state index contributed by atoms with van der Waals surface area (Å²) in [5, 5.41) is 2.77. The van der Waals surface area contributed by atoms with Gasteiger partial charge in [0.15, 0.2) is 11.0 Å². The number of Topliss-reactive ketones (excluding diaryl/α,β-unsaturated/α-hetero) is 1. The largest absolute Gasteiger partial charge is 0.326 e. The lowest BCUT2D eigenvalue weighted by atomic mass is 10.1. The molecule has 6 nitrogen and oxygen atoms in total. The summed E-state index contributed by atoms with van der Waals surface area (Å²) in [6, 6.07) is 16.0. The number of benzene rings is 2. The highest BCUT2D eigenvalue weighted by molar-refractivity contribution is 8.15. The van der Waals surface area contributed by atoms with Gasteiger partial charge in [0.2, 0.25) is 11.8 Å². The highest BCUT2D eigenvalue weighted by Gasteiger charge is 2.38. The van der Waals surface area contributed by atoms with Gasteiger partial charge in [-0.1, -0.05) is 36.0 Å². The number of amidine groups is 1. The average Bonchev–Trinajstić information content (AvgIpc) is 2.98. The van der Waals surface area contributed by atoms with Gasteiger partial charge in [-0.3, -0.25) is 19.3 Å². The number of ketones is 1. The fraction of sp³-hybridized carbons (Fsp3) is 0.182. The molecule has 0 saturated carbocycles. The van der Waals surface area contributed by atoms with Crippen LogP contribution in [0.4, 0.5) is 11.4 Å². The molecule has 1 atom stereocenters. The van der Waals surface area contributed by atoms with Crippen molar-refractivity contribution >= 4 is 45.9 Å². The molecule has 0 bridgehead atoms. The zero-order valence-electron chi connectivity index (χ0n) is 16.0. The molecule has 148 valence electrons. The number of nitrogens with zero attached hydrogens (tertiary/aromatic N) is 2. The Hall–Kier alpha value is -3.19. The zero-order valence-corrected chi connectivity index (χ0v) is 16.8. The molecule has 2 amide bonds. The number of carbonyl (C=O) groups is 3. The Bertz CT molecular complexity index is 955. The molecule has 29 heavy (non-hydrogen) atoms. The molecule has 1 saturated heterocycles. The fourth-order valence-corrected chi connectivity index (χ4v) is 3.97. The maximum absolute atomic E-state index is 12.8. The van der Waals surface area contributed by atoms with Crippen LogP contribution in [0.2, 0.25) is 0 Å².